The molecule has 1 saturated carbocycles. The van der Waals surface area contributed by atoms with Crippen molar-refractivity contribution in [2.75, 3.05) is 17.6 Å². The summed E-state index contributed by atoms with van der Waals surface area (Å²) in [6, 6.07) is 1.83. The van der Waals surface area contributed by atoms with Crippen LogP contribution in [0.2, 0.25) is 0 Å². The molecule has 0 spiro atoms. The Kier molecular flexibility index (Phi) is 4.82. The van der Waals surface area contributed by atoms with E-state index < -0.39 is 0 Å². The summed E-state index contributed by atoms with van der Waals surface area (Å²) < 4.78 is 6.06. The van der Waals surface area contributed by atoms with Gasteiger partial charge in [-0.3, -0.25) is 0 Å². The second-order valence-corrected chi connectivity index (χ2v) is 5.09. The Bertz CT molecular complexity index is 410. The van der Waals surface area contributed by atoms with Crippen molar-refractivity contribution in [3.05, 3.63) is 6.07 Å². The van der Waals surface area contributed by atoms with Gasteiger partial charge in [0.25, 0.3) is 0 Å². The highest BCUT2D eigenvalue weighted by molar-refractivity contribution is 5.42. The van der Waals surface area contributed by atoms with E-state index in [1.54, 1.807) is 0 Å². The smallest absolute Gasteiger partial charge is 0.225 e. The first-order valence-electron chi connectivity index (χ1n) is 7.28. The van der Waals surface area contributed by atoms with Crippen LogP contribution in [-0.4, -0.2) is 22.6 Å². The number of ether oxygens (including phenoxy) is 1. The van der Waals surface area contributed by atoms with E-state index in [1.165, 1.54) is 19.3 Å². The predicted octanol–water partition coefficient (Wildman–Crippen LogP) is 2.84. The van der Waals surface area contributed by atoms with Crippen LogP contribution in [0, 0.1) is 5.92 Å². The highest BCUT2D eigenvalue weighted by Crippen LogP contribution is 2.30. The largest absolute Gasteiger partial charge is 0.474 e. The standard InChI is InChI=1S/C14H24N4O/c1-3-10-7-5-6-8-11(10)19-13-9-12(16-4-2)17-14(15)18-13/h9-11H,3-8H2,1-2H3,(H3,15,16,17,18). The van der Waals surface area contributed by atoms with Gasteiger partial charge in [-0.1, -0.05) is 13.3 Å². The van der Waals surface area contributed by atoms with Crippen molar-refractivity contribution in [3.8, 4) is 5.88 Å². The van der Waals surface area contributed by atoms with Crippen LogP contribution in [0.25, 0.3) is 0 Å². The normalized spacial score (nSPS) is 23.1. The van der Waals surface area contributed by atoms with E-state index in [4.69, 9.17) is 10.5 Å². The Morgan fingerprint density at radius 2 is 2.11 bits per heavy atom. The molecule has 2 unspecified atom stereocenters. The van der Waals surface area contributed by atoms with Crippen molar-refractivity contribution in [1.29, 1.82) is 0 Å². The Labute approximate surface area is 115 Å². The van der Waals surface area contributed by atoms with Gasteiger partial charge >= 0.3 is 0 Å². The fourth-order valence-corrected chi connectivity index (χ4v) is 2.73. The van der Waals surface area contributed by atoms with Crippen LogP contribution in [0.15, 0.2) is 6.07 Å². The number of hydrogen-bond acceptors (Lipinski definition) is 5. The molecule has 0 aliphatic heterocycles. The van der Waals surface area contributed by atoms with Crippen LogP contribution in [-0.2, 0) is 0 Å². The lowest BCUT2D eigenvalue weighted by atomic mass is 9.85. The van der Waals surface area contributed by atoms with E-state index in [0.29, 0.717) is 11.8 Å². The van der Waals surface area contributed by atoms with Crippen molar-refractivity contribution in [1.82, 2.24) is 9.97 Å². The van der Waals surface area contributed by atoms with Gasteiger partial charge in [0.05, 0.1) is 0 Å². The zero-order chi connectivity index (χ0) is 13.7. The molecular formula is C14H24N4O. The molecule has 0 radical (unpaired) electrons. The van der Waals surface area contributed by atoms with Crippen LogP contribution in [0.1, 0.15) is 46.0 Å². The van der Waals surface area contributed by atoms with Crippen molar-refractivity contribution in [3.63, 3.8) is 0 Å². The minimum absolute atomic E-state index is 0.261. The maximum atomic E-state index is 6.06. The molecule has 0 bridgehead atoms. The highest BCUT2D eigenvalue weighted by atomic mass is 16.5. The van der Waals surface area contributed by atoms with E-state index in [0.717, 1.165) is 25.2 Å². The summed E-state index contributed by atoms with van der Waals surface area (Å²) >= 11 is 0. The molecule has 1 fully saturated rings. The van der Waals surface area contributed by atoms with E-state index in [2.05, 4.69) is 22.2 Å². The lowest BCUT2D eigenvalue weighted by Gasteiger charge is -2.30. The molecule has 106 valence electrons. The van der Waals surface area contributed by atoms with E-state index in [9.17, 15) is 0 Å². The van der Waals surface area contributed by atoms with Crippen molar-refractivity contribution >= 4 is 11.8 Å². The molecule has 19 heavy (non-hydrogen) atoms. The number of rotatable bonds is 5. The molecule has 1 aliphatic rings. The Hall–Kier alpha value is -1.52. The van der Waals surface area contributed by atoms with Crippen LogP contribution >= 0.6 is 0 Å². The third-order valence-electron chi connectivity index (χ3n) is 3.71. The third-order valence-corrected chi connectivity index (χ3v) is 3.71. The Morgan fingerprint density at radius 3 is 2.84 bits per heavy atom. The molecule has 2 rings (SSSR count). The number of anilines is 2. The quantitative estimate of drug-likeness (QED) is 0.855. The number of nitrogens with zero attached hydrogens (tertiary/aromatic N) is 2. The average molecular weight is 264 g/mol. The molecule has 1 aromatic heterocycles. The highest BCUT2D eigenvalue weighted by Gasteiger charge is 2.25. The lowest BCUT2D eigenvalue weighted by molar-refractivity contribution is 0.0860. The monoisotopic (exact) mass is 264 g/mol. The number of nitrogens with two attached hydrogens (primary N) is 1. The van der Waals surface area contributed by atoms with Gasteiger partial charge in [0.1, 0.15) is 11.9 Å². The van der Waals surface area contributed by atoms with Crippen LogP contribution in [0.3, 0.4) is 0 Å². The number of hydrogen-bond donors (Lipinski definition) is 2. The van der Waals surface area contributed by atoms with E-state index >= 15 is 0 Å². The van der Waals surface area contributed by atoms with Gasteiger partial charge in [-0.05, 0) is 38.5 Å². The van der Waals surface area contributed by atoms with Crippen molar-refractivity contribution in [2.45, 2.75) is 52.1 Å². The maximum Gasteiger partial charge on any atom is 0.225 e. The molecule has 5 nitrogen and oxygen atoms in total. The second kappa shape index (κ2) is 6.59. The Balaban J connectivity index is 2.08. The molecule has 2 atom stereocenters. The summed E-state index contributed by atoms with van der Waals surface area (Å²) in [6.07, 6.45) is 6.34. The third kappa shape index (κ3) is 3.72. The zero-order valence-corrected chi connectivity index (χ0v) is 11.9. The molecule has 0 amide bonds. The minimum Gasteiger partial charge on any atom is -0.474 e. The fraction of sp³-hybridized carbons (Fsp3) is 0.714. The van der Waals surface area contributed by atoms with Crippen molar-refractivity contribution in [2.24, 2.45) is 5.92 Å². The summed E-state index contributed by atoms with van der Waals surface area (Å²) in [5, 5.41) is 3.14. The number of nitrogen functional groups attached to an aromatic ring is 1. The van der Waals surface area contributed by atoms with Gasteiger partial charge in [0.15, 0.2) is 0 Å². The lowest BCUT2D eigenvalue weighted by Crippen LogP contribution is -2.30. The SMILES string of the molecule is CCNc1cc(OC2CCCCC2CC)nc(N)n1. The second-order valence-electron chi connectivity index (χ2n) is 5.09. The minimum atomic E-state index is 0.261. The van der Waals surface area contributed by atoms with Crippen molar-refractivity contribution < 1.29 is 4.74 Å². The molecule has 5 heteroatoms. The Morgan fingerprint density at radius 1 is 1.32 bits per heavy atom. The molecule has 3 N–H and O–H groups in total. The summed E-state index contributed by atoms with van der Waals surface area (Å²) in [5.41, 5.74) is 5.72. The van der Waals surface area contributed by atoms with Gasteiger partial charge in [0.2, 0.25) is 11.8 Å². The molecule has 1 aromatic rings. The number of nitrogens with one attached hydrogen (secondary N) is 1. The molecule has 1 heterocycles. The van der Waals surface area contributed by atoms with E-state index in [1.807, 2.05) is 13.0 Å². The first-order chi connectivity index (χ1) is 9.22. The van der Waals surface area contributed by atoms with Crippen LogP contribution in [0.5, 0.6) is 5.88 Å². The van der Waals surface area contributed by atoms with Crippen LogP contribution in [0.4, 0.5) is 11.8 Å². The van der Waals surface area contributed by atoms with Gasteiger partial charge < -0.3 is 15.8 Å². The fourth-order valence-electron chi connectivity index (χ4n) is 2.73. The summed E-state index contributed by atoms with van der Waals surface area (Å²) in [5.74, 6) is 2.22. The van der Waals surface area contributed by atoms with Gasteiger partial charge in [0, 0.05) is 12.6 Å². The average Bonchev–Trinajstić information content (AvgIpc) is 2.39. The molecular weight excluding hydrogens is 240 g/mol. The number of aromatic nitrogens is 2. The van der Waals surface area contributed by atoms with Gasteiger partial charge in [-0.2, -0.15) is 9.97 Å². The maximum absolute atomic E-state index is 6.06. The molecule has 0 aromatic carbocycles. The summed E-state index contributed by atoms with van der Waals surface area (Å²) in [6.45, 7) is 5.05. The summed E-state index contributed by atoms with van der Waals surface area (Å²) in [7, 11) is 0. The van der Waals surface area contributed by atoms with Crippen LogP contribution < -0.4 is 15.8 Å². The topological polar surface area (TPSA) is 73.1 Å². The first-order valence-corrected chi connectivity index (χ1v) is 7.28. The first kappa shape index (κ1) is 13.9. The zero-order valence-electron chi connectivity index (χ0n) is 11.9. The predicted molar refractivity (Wildman–Crippen MR) is 77.3 cm³/mol. The van der Waals surface area contributed by atoms with Gasteiger partial charge in [-0.25, -0.2) is 0 Å². The van der Waals surface area contributed by atoms with E-state index in [-0.39, 0.29) is 12.1 Å². The van der Waals surface area contributed by atoms with Gasteiger partial charge in [-0.15, -0.1) is 0 Å². The molecule has 1 aliphatic carbocycles. The molecule has 0 saturated heterocycles. The summed E-state index contributed by atoms with van der Waals surface area (Å²) in [4.78, 5) is 8.31.